The van der Waals surface area contributed by atoms with Gasteiger partial charge in [-0.05, 0) is 13.8 Å². The molecule has 1 aromatic heterocycles. The molecule has 0 aromatic carbocycles. The summed E-state index contributed by atoms with van der Waals surface area (Å²) in [4.78, 5) is 17.0. The van der Waals surface area contributed by atoms with Gasteiger partial charge in [0.25, 0.3) is 0 Å². The van der Waals surface area contributed by atoms with Crippen LogP contribution < -0.4 is 0 Å². The second kappa shape index (κ2) is 2.74. The van der Waals surface area contributed by atoms with Crippen molar-refractivity contribution in [2.45, 2.75) is 12.8 Å². The van der Waals surface area contributed by atoms with Crippen molar-refractivity contribution in [1.29, 1.82) is 0 Å². The molecule has 11 heavy (non-hydrogen) atoms. The number of nitrogens with one attached hydrogen (secondary N) is 1. The maximum Gasteiger partial charge on any atom is 0.312 e. The van der Waals surface area contributed by atoms with Crippen molar-refractivity contribution < 1.29 is 9.90 Å². The number of aromatic nitrogens is 2. The van der Waals surface area contributed by atoms with Crippen molar-refractivity contribution in [2.24, 2.45) is 0 Å². The van der Waals surface area contributed by atoms with E-state index in [1.807, 2.05) is 0 Å². The molecule has 1 atom stereocenters. The van der Waals surface area contributed by atoms with Gasteiger partial charge in [-0.2, -0.15) is 0 Å². The van der Waals surface area contributed by atoms with Crippen LogP contribution >= 0.6 is 0 Å². The van der Waals surface area contributed by atoms with E-state index in [9.17, 15) is 4.79 Å². The summed E-state index contributed by atoms with van der Waals surface area (Å²) in [5.74, 6) is -1.70. The molecular formula is C7H9N2O2. The van der Waals surface area contributed by atoms with Crippen LogP contribution in [0.25, 0.3) is 0 Å². The maximum absolute atomic E-state index is 10.4. The van der Waals surface area contributed by atoms with Crippen LogP contribution in [0, 0.1) is 13.8 Å². The molecule has 0 aliphatic rings. The second-order valence-corrected chi connectivity index (χ2v) is 2.29. The van der Waals surface area contributed by atoms with Gasteiger partial charge in [-0.1, -0.05) is 0 Å². The van der Waals surface area contributed by atoms with E-state index in [2.05, 4.69) is 16.9 Å². The highest BCUT2D eigenvalue weighted by Gasteiger charge is 2.17. The fraction of sp³-hybridized carbons (Fsp3) is 0.286. The molecule has 0 aliphatic carbocycles. The van der Waals surface area contributed by atoms with Gasteiger partial charge >= 0.3 is 5.97 Å². The molecule has 1 radical (unpaired) electrons. The van der Waals surface area contributed by atoms with Crippen molar-refractivity contribution in [3.63, 3.8) is 0 Å². The molecule has 0 amide bonds. The van der Waals surface area contributed by atoms with Crippen molar-refractivity contribution in [2.75, 3.05) is 0 Å². The monoisotopic (exact) mass is 153 g/mol. The van der Waals surface area contributed by atoms with Crippen molar-refractivity contribution in [3.8, 4) is 0 Å². The van der Waals surface area contributed by atoms with Crippen LogP contribution in [0.1, 0.15) is 17.3 Å². The smallest absolute Gasteiger partial charge is 0.312 e. The summed E-state index contributed by atoms with van der Waals surface area (Å²) in [5.41, 5.74) is 1.25. The lowest BCUT2D eigenvalue weighted by molar-refractivity contribution is -0.137. The van der Waals surface area contributed by atoms with E-state index in [0.29, 0.717) is 11.4 Å². The SMILES string of the molecule is [CH2]C(C(=O)O)c1[nH]cnc1C. The van der Waals surface area contributed by atoms with Gasteiger partial charge < -0.3 is 10.1 Å². The molecule has 1 rings (SSSR count). The molecule has 0 spiro atoms. The summed E-state index contributed by atoms with van der Waals surface area (Å²) in [7, 11) is 0. The van der Waals surface area contributed by atoms with E-state index in [4.69, 9.17) is 5.11 Å². The van der Waals surface area contributed by atoms with Gasteiger partial charge in [0.1, 0.15) is 0 Å². The topological polar surface area (TPSA) is 66.0 Å². The molecule has 1 heterocycles. The first kappa shape index (κ1) is 7.78. The van der Waals surface area contributed by atoms with Crippen LogP contribution in [0.3, 0.4) is 0 Å². The molecule has 0 saturated heterocycles. The van der Waals surface area contributed by atoms with Gasteiger partial charge in [0.05, 0.1) is 23.6 Å². The van der Waals surface area contributed by atoms with Crippen LogP contribution in [0.15, 0.2) is 6.33 Å². The average molecular weight is 153 g/mol. The van der Waals surface area contributed by atoms with Crippen LogP contribution in [-0.2, 0) is 4.79 Å². The normalized spacial score (nSPS) is 12.9. The summed E-state index contributed by atoms with van der Waals surface area (Å²) in [6.45, 7) is 5.21. The van der Waals surface area contributed by atoms with Gasteiger partial charge in [-0.15, -0.1) is 0 Å². The van der Waals surface area contributed by atoms with Crippen LogP contribution in [0.5, 0.6) is 0 Å². The van der Waals surface area contributed by atoms with Gasteiger partial charge in [0.15, 0.2) is 0 Å². The number of aromatic amines is 1. The fourth-order valence-corrected chi connectivity index (χ4v) is 0.849. The predicted octanol–water partition coefficient (Wildman–Crippen LogP) is 0.720. The molecule has 1 unspecified atom stereocenters. The number of aliphatic carboxylic acids is 1. The Bertz CT molecular complexity index is 267. The number of nitrogens with zero attached hydrogens (tertiary/aromatic N) is 1. The minimum Gasteiger partial charge on any atom is -0.481 e. The number of imidazole rings is 1. The van der Waals surface area contributed by atoms with E-state index < -0.39 is 11.9 Å². The van der Waals surface area contributed by atoms with Gasteiger partial charge in [0, 0.05) is 0 Å². The average Bonchev–Trinajstić information content (AvgIpc) is 2.33. The molecule has 1 aromatic rings. The van der Waals surface area contributed by atoms with Crippen LogP contribution in [0.2, 0.25) is 0 Å². The Morgan fingerprint density at radius 1 is 1.91 bits per heavy atom. The quantitative estimate of drug-likeness (QED) is 0.657. The fourth-order valence-electron chi connectivity index (χ4n) is 0.849. The Balaban J connectivity index is 2.92. The molecule has 0 bridgehead atoms. The Kier molecular flexibility index (Phi) is 1.94. The third-order valence-corrected chi connectivity index (χ3v) is 1.51. The summed E-state index contributed by atoms with van der Waals surface area (Å²) in [6.07, 6.45) is 1.46. The lowest BCUT2D eigenvalue weighted by Crippen LogP contribution is -2.09. The van der Waals surface area contributed by atoms with Crippen LogP contribution in [0.4, 0.5) is 0 Å². The molecular weight excluding hydrogens is 144 g/mol. The second-order valence-electron chi connectivity index (χ2n) is 2.29. The molecule has 4 nitrogen and oxygen atoms in total. The maximum atomic E-state index is 10.4. The first-order valence-electron chi connectivity index (χ1n) is 3.18. The number of carbonyl (C=O) groups is 1. The zero-order chi connectivity index (χ0) is 8.43. The predicted molar refractivity (Wildman–Crippen MR) is 39.1 cm³/mol. The summed E-state index contributed by atoms with van der Waals surface area (Å²) in [5, 5.41) is 8.57. The Hall–Kier alpha value is -1.32. The van der Waals surface area contributed by atoms with E-state index >= 15 is 0 Å². The van der Waals surface area contributed by atoms with Gasteiger partial charge in [-0.25, -0.2) is 4.98 Å². The van der Waals surface area contributed by atoms with Crippen molar-refractivity contribution in [1.82, 2.24) is 9.97 Å². The van der Waals surface area contributed by atoms with E-state index in [0.717, 1.165) is 0 Å². The molecule has 59 valence electrons. The Labute approximate surface area is 64.3 Å². The first-order valence-corrected chi connectivity index (χ1v) is 3.18. The highest BCUT2D eigenvalue weighted by atomic mass is 16.4. The largest absolute Gasteiger partial charge is 0.481 e. The lowest BCUT2D eigenvalue weighted by atomic mass is 10.1. The number of rotatable bonds is 2. The molecule has 0 aliphatic heterocycles. The van der Waals surface area contributed by atoms with Crippen molar-refractivity contribution >= 4 is 5.97 Å². The van der Waals surface area contributed by atoms with E-state index in [1.165, 1.54) is 6.33 Å². The zero-order valence-corrected chi connectivity index (χ0v) is 6.16. The number of H-pyrrole nitrogens is 1. The minimum atomic E-state index is -0.947. The highest BCUT2D eigenvalue weighted by molar-refractivity contribution is 5.76. The summed E-state index contributed by atoms with van der Waals surface area (Å²) >= 11 is 0. The molecule has 2 N–H and O–H groups in total. The standard InChI is InChI=1S/C7H9N2O2/c1-4(7(10)11)6-5(2)8-3-9-6/h3-4H,1H2,2H3,(H,8,9)(H,10,11). The minimum absolute atomic E-state index is 0.567. The van der Waals surface area contributed by atoms with E-state index in [1.54, 1.807) is 6.92 Å². The number of hydrogen-bond donors (Lipinski definition) is 2. The Morgan fingerprint density at radius 3 is 2.91 bits per heavy atom. The Morgan fingerprint density at radius 2 is 2.55 bits per heavy atom. The zero-order valence-electron chi connectivity index (χ0n) is 6.16. The van der Waals surface area contributed by atoms with Crippen molar-refractivity contribution in [3.05, 3.63) is 24.6 Å². The number of hydrogen-bond acceptors (Lipinski definition) is 2. The van der Waals surface area contributed by atoms with Gasteiger partial charge in [-0.3, -0.25) is 4.79 Å². The highest BCUT2D eigenvalue weighted by Crippen LogP contribution is 2.14. The first-order chi connectivity index (χ1) is 5.13. The molecule has 4 heteroatoms. The summed E-state index contributed by atoms with van der Waals surface area (Å²) < 4.78 is 0. The molecule has 0 saturated carbocycles. The third-order valence-electron chi connectivity index (χ3n) is 1.51. The van der Waals surface area contributed by atoms with E-state index in [-0.39, 0.29) is 0 Å². The number of carboxylic acid groups (broad SMARTS) is 1. The number of carboxylic acids is 1. The van der Waals surface area contributed by atoms with Gasteiger partial charge in [0.2, 0.25) is 0 Å². The lowest BCUT2D eigenvalue weighted by Gasteiger charge is -2.02. The van der Waals surface area contributed by atoms with Crippen LogP contribution in [-0.4, -0.2) is 21.0 Å². The third kappa shape index (κ3) is 1.39. The summed E-state index contributed by atoms with van der Waals surface area (Å²) in [6, 6.07) is 0. The molecule has 0 fully saturated rings. The number of aryl methyl sites for hydroxylation is 1.